The second-order valence-electron chi connectivity index (χ2n) is 4.42. The molecule has 0 radical (unpaired) electrons. The molecule has 2 aromatic rings. The van der Waals surface area contributed by atoms with E-state index >= 15 is 0 Å². The molecule has 0 saturated carbocycles. The summed E-state index contributed by atoms with van der Waals surface area (Å²) in [6.45, 7) is 8.05. The van der Waals surface area contributed by atoms with Crippen LogP contribution in [-0.2, 0) is 19.4 Å². The van der Waals surface area contributed by atoms with E-state index in [0.29, 0.717) is 5.95 Å². The summed E-state index contributed by atoms with van der Waals surface area (Å²) in [5.74, 6) is 0.650. The smallest absolute Gasteiger partial charge is 0.250 e. The van der Waals surface area contributed by atoms with E-state index in [0.717, 1.165) is 42.9 Å². The highest BCUT2D eigenvalue weighted by atomic mass is 15.4. The molecule has 0 aliphatic carbocycles. The predicted octanol–water partition coefficient (Wildman–Crippen LogP) is 1.90. The molecule has 1 N–H and O–H groups in total. The second kappa shape index (κ2) is 6.43. The maximum Gasteiger partial charge on any atom is 0.250 e. The van der Waals surface area contributed by atoms with Gasteiger partial charge in [0.1, 0.15) is 0 Å². The van der Waals surface area contributed by atoms with Crippen LogP contribution in [-0.4, -0.2) is 26.3 Å². The predicted molar refractivity (Wildman–Crippen MR) is 75.3 cm³/mol. The van der Waals surface area contributed by atoms with Crippen LogP contribution in [0.4, 0.5) is 0 Å². The fourth-order valence-electron chi connectivity index (χ4n) is 1.89. The van der Waals surface area contributed by atoms with E-state index in [4.69, 9.17) is 0 Å². The average molecular weight is 259 g/mol. The van der Waals surface area contributed by atoms with Gasteiger partial charge in [0.25, 0.3) is 5.95 Å². The normalized spacial score (nSPS) is 10.9. The van der Waals surface area contributed by atoms with E-state index in [1.807, 2.05) is 17.1 Å². The zero-order valence-electron chi connectivity index (χ0n) is 11.8. The summed E-state index contributed by atoms with van der Waals surface area (Å²) < 4.78 is 1.84. The molecule has 0 aromatic carbocycles. The average Bonchev–Trinajstić information content (AvgIpc) is 2.89. The van der Waals surface area contributed by atoms with Crippen molar-refractivity contribution in [3.63, 3.8) is 0 Å². The lowest BCUT2D eigenvalue weighted by atomic mass is 10.3. The summed E-state index contributed by atoms with van der Waals surface area (Å²) in [5.41, 5.74) is 3.32. The zero-order chi connectivity index (χ0) is 13.7. The van der Waals surface area contributed by atoms with Crippen LogP contribution in [0.25, 0.3) is 5.95 Å². The molecule has 0 atom stereocenters. The highest BCUT2D eigenvalue weighted by molar-refractivity contribution is 5.21. The first-order valence-corrected chi connectivity index (χ1v) is 6.88. The van der Waals surface area contributed by atoms with Crippen molar-refractivity contribution in [3.8, 4) is 5.95 Å². The van der Waals surface area contributed by atoms with Gasteiger partial charge in [-0.3, -0.25) is 0 Å². The molecule has 0 unspecified atom stereocenters. The number of nitrogens with zero attached hydrogens (tertiary/aromatic N) is 4. The quantitative estimate of drug-likeness (QED) is 0.861. The fraction of sp³-hybridized carbons (Fsp3) is 0.500. The Kier molecular flexibility index (Phi) is 4.63. The van der Waals surface area contributed by atoms with Gasteiger partial charge in [0.05, 0.1) is 5.69 Å². The van der Waals surface area contributed by atoms with Gasteiger partial charge < -0.3 is 5.32 Å². The maximum atomic E-state index is 4.54. The molecule has 0 saturated heterocycles. The fourth-order valence-corrected chi connectivity index (χ4v) is 1.89. The molecule has 2 rings (SSSR count). The maximum absolute atomic E-state index is 4.54. The van der Waals surface area contributed by atoms with E-state index in [1.165, 1.54) is 0 Å². The van der Waals surface area contributed by atoms with Crippen molar-refractivity contribution >= 4 is 0 Å². The molecule has 0 fully saturated rings. The van der Waals surface area contributed by atoms with Crippen LogP contribution in [0.5, 0.6) is 0 Å². The van der Waals surface area contributed by atoms with Crippen LogP contribution < -0.4 is 5.32 Å². The van der Waals surface area contributed by atoms with Gasteiger partial charge in [0.2, 0.25) is 0 Å². The number of hydrogen-bond donors (Lipinski definition) is 1. The van der Waals surface area contributed by atoms with E-state index in [1.54, 1.807) is 0 Å². The van der Waals surface area contributed by atoms with Crippen LogP contribution in [0, 0.1) is 0 Å². The third-order valence-corrected chi connectivity index (χ3v) is 3.02. The van der Waals surface area contributed by atoms with Crippen molar-refractivity contribution in [2.45, 2.75) is 40.2 Å². The van der Waals surface area contributed by atoms with Crippen molar-refractivity contribution < 1.29 is 0 Å². The Morgan fingerprint density at radius 2 is 1.84 bits per heavy atom. The minimum Gasteiger partial charge on any atom is -0.313 e. The van der Waals surface area contributed by atoms with Gasteiger partial charge in [0.15, 0.2) is 0 Å². The highest BCUT2D eigenvalue weighted by Gasteiger charge is 2.09. The first kappa shape index (κ1) is 13.7. The number of aromatic nitrogens is 4. The molecule has 2 aromatic heterocycles. The number of hydrogen-bond acceptors (Lipinski definition) is 4. The minimum atomic E-state index is 0.650. The van der Waals surface area contributed by atoms with E-state index in [2.05, 4.69) is 47.2 Å². The first-order chi connectivity index (χ1) is 9.28. The number of aryl methyl sites for hydroxylation is 2. The van der Waals surface area contributed by atoms with Gasteiger partial charge in [-0.1, -0.05) is 20.8 Å². The van der Waals surface area contributed by atoms with E-state index in [9.17, 15) is 0 Å². The minimum absolute atomic E-state index is 0.650. The topological polar surface area (TPSA) is 55.6 Å². The summed E-state index contributed by atoms with van der Waals surface area (Å²) >= 11 is 0. The van der Waals surface area contributed by atoms with Crippen molar-refractivity contribution in [1.82, 2.24) is 25.1 Å². The highest BCUT2D eigenvalue weighted by Crippen LogP contribution is 2.10. The third kappa shape index (κ3) is 3.17. The van der Waals surface area contributed by atoms with E-state index in [-0.39, 0.29) is 0 Å². The van der Waals surface area contributed by atoms with Crippen LogP contribution >= 0.6 is 0 Å². The number of nitrogens with one attached hydrogen (secondary N) is 1. The lowest BCUT2D eigenvalue weighted by Gasteiger charge is -2.05. The Morgan fingerprint density at radius 1 is 1.11 bits per heavy atom. The van der Waals surface area contributed by atoms with Crippen molar-refractivity contribution in [1.29, 1.82) is 0 Å². The largest absolute Gasteiger partial charge is 0.313 e. The summed E-state index contributed by atoms with van der Waals surface area (Å²) in [6, 6.07) is 2.12. The lowest BCUT2D eigenvalue weighted by molar-refractivity contribution is 0.708. The Hall–Kier alpha value is -1.75. The summed E-state index contributed by atoms with van der Waals surface area (Å²) in [5, 5.41) is 7.79. The molecule has 5 heteroatoms. The lowest BCUT2D eigenvalue weighted by Crippen LogP contribution is -2.13. The Morgan fingerprint density at radius 3 is 2.42 bits per heavy atom. The Balaban J connectivity index is 2.23. The Labute approximate surface area is 114 Å². The molecule has 0 amide bonds. The number of rotatable bonds is 6. The third-order valence-electron chi connectivity index (χ3n) is 3.02. The molecule has 2 heterocycles. The molecular weight excluding hydrogens is 238 g/mol. The Bertz CT molecular complexity index is 515. The van der Waals surface area contributed by atoms with Crippen LogP contribution in [0.2, 0.25) is 0 Å². The molecule has 0 aliphatic heterocycles. The summed E-state index contributed by atoms with van der Waals surface area (Å²) in [6.07, 6.45) is 5.57. The molecule has 102 valence electrons. The summed E-state index contributed by atoms with van der Waals surface area (Å²) in [4.78, 5) is 8.81. The van der Waals surface area contributed by atoms with Crippen molar-refractivity contribution in [3.05, 3.63) is 35.4 Å². The molecule has 19 heavy (non-hydrogen) atoms. The van der Waals surface area contributed by atoms with Crippen LogP contribution in [0.15, 0.2) is 18.5 Å². The zero-order valence-corrected chi connectivity index (χ0v) is 11.8. The van der Waals surface area contributed by atoms with Crippen molar-refractivity contribution in [2.24, 2.45) is 0 Å². The van der Waals surface area contributed by atoms with Crippen molar-refractivity contribution in [2.75, 3.05) is 6.54 Å². The van der Waals surface area contributed by atoms with Crippen LogP contribution in [0.3, 0.4) is 0 Å². The van der Waals surface area contributed by atoms with Gasteiger partial charge in [0, 0.05) is 30.2 Å². The molecule has 0 bridgehead atoms. The summed E-state index contributed by atoms with van der Waals surface area (Å²) in [7, 11) is 0. The second-order valence-corrected chi connectivity index (χ2v) is 4.42. The molecule has 5 nitrogen and oxygen atoms in total. The SMILES string of the molecule is CCNCc1cnc(-n2nc(CC)cc2CC)nc1. The monoisotopic (exact) mass is 259 g/mol. The first-order valence-electron chi connectivity index (χ1n) is 6.88. The van der Waals surface area contributed by atoms with Crippen LogP contribution in [0.1, 0.15) is 37.7 Å². The molecule has 0 spiro atoms. The van der Waals surface area contributed by atoms with E-state index < -0.39 is 0 Å². The van der Waals surface area contributed by atoms with Gasteiger partial charge in [-0.05, 0) is 25.5 Å². The molecular formula is C14H21N5. The standard InChI is InChI=1S/C14H21N5/c1-4-12-7-13(5-2)19(18-12)14-16-9-11(10-17-14)8-15-6-3/h7,9-10,15H,4-6,8H2,1-3H3. The molecule has 0 aliphatic rings. The van der Waals surface area contributed by atoms with Gasteiger partial charge in [-0.2, -0.15) is 5.10 Å². The van der Waals surface area contributed by atoms with Gasteiger partial charge in [-0.15, -0.1) is 0 Å². The van der Waals surface area contributed by atoms with Gasteiger partial charge in [-0.25, -0.2) is 14.6 Å². The van der Waals surface area contributed by atoms with Gasteiger partial charge >= 0.3 is 0 Å².